The highest BCUT2D eigenvalue weighted by atomic mass is 16.5. The van der Waals surface area contributed by atoms with Gasteiger partial charge in [-0.25, -0.2) is 4.79 Å². The predicted molar refractivity (Wildman–Crippen MR) is 68.6 cm³/mol. The lowest BCUT2D eigenvalue weighted by atomic mass is 9.76. The SMILES string of the molecule is CO[C@@H](C(=O)NC1(C(=O)O)CCC1)c1ccccc1. The summed E-state index contributed by atoms with van der Waals surface area (Å²) in [5.41, 5.74) is -0.398. The maximum absolute atomic E-state index is 12.2. The summed E-state index contributed by atoms with van der Waals surface area (Å²) < 4.78 is 5.19. The molecule has 19 heavy (non-hydrogen) atoms. The van der Waals surface area contributed by atoms with Crippen LogP contribution in [0.2, 0.25) is 0 Å². The van der Waals surface area contributed by atoms with Gasteiger partial charge in [0.05, 0.1) is 0 Å². The van der Waals surface area contributed by atoms with Crippen LogP contribution in [0.5, 0.6) is 0 Å². The molecule has 5 nitrogen and oxygen atoms in total. The zero-order valence-electron chi connectivity index (χ0n) is 10.8. The topological polar surface area (TPSA) is 75.6 Å². The van der Waals surface area contributed by atoms with Crippen LogP contribution in [0.15, 0.2) is 30.3 Å². The zero-order chi connectivity index (χ0) is 13.9. The number of aliphatic carboxylic acids is 1. The van der Waals surface area contributed by atoms with Crippen LogP contribution in [0.1, 0.15) is 30.9 Å². The smallest absolute Gasteiger partial charge is 0.329 e. The van der Waals surface area contributed by atoms with Gasteiger partial charge in [0.1, 0.15) is 5.54 Å². The molecule has 0 heterocycles. The predicted octanol–water partition coefficient (Wildman–Crippen LogP) is 1.50. The molecule has 0 aromatic heterocycles. The average molecular weight is 263 g/mol. The van der Waals surface area contributed by atoms with Gasteiger partial charge < -0.3 is 15.2 Å². The summed E-state index contributed by atoms with van der Waals surface area (Å²) in [4.78, 5) is 23.4. The summed E-state index contributed by atoms with van der Waals surface area (Å²) >= 11 is 0. The Morgan fingerprint density at radius 3 is 2.37 bits per heavy atom. The number of amides is 1. The molecule has 1 aromatic rings. The van der Waals surface area contributed by atoms with Crippen molar-refractivity contribution < 1.29 is 19.4 Å². The quantitative estimate of drug-likeness (QED) is 0.844. The number of hydrogen-bond acceptors (Lipinski definition) is 3. The van der Waals surface area contributed by atoms with Crippen molar-refractivity contribution in [3.8, 4) is 0 Å². The lowest BCUT2D eigenvalue weighted by Crippen LogP contribution is -2.60. The number of rotatable bonds is 5. The van der Waals surface area contributed by atoms with E-state index < -0.39 is 23.5 Å². The lowest BCUT2D eigenvalue weighted by molar-refractivity contribution is -0.154. The number of nitrogens with one attached hydrogen (secondary N) is 1. The second-order valence-corrected chi connectivity index (χ2v) is 4.76. The Morgan fingerprint density at radius 1 is 1.32 bits per heavy atom. The van der Waals surface area contributed by atoms with Gasteiger partial charge in [0, 0.05) is 7.11 Å². The van der Waals surface area contributed by atoms with Crippen molar-refractivity contribution in [3.05, 3.63) is 35.9 Å². The van der Waals surface area contributed by atoms with Gasteiger partial charge in [-0.2, -0.15) is 0 Å². The third-order valence-electron chi connectivity index (χ3n) is 3.56. The third-order valence-corrected chi connectivity index (χ3v) is 3.56. The maximum Gasteiger partial charge on any atom is 0.329 e. The molecule has 0 spiro atoms. The first-order valence-corrected chi connectivity index (χ1v) is 6.22. The Hall–Kier alpha value is -1.88. The molecular formula is C14H17NO4. The minimum atomic E-state index is -1.11. The van der Waals surface area contributed by atoms with Crippen LogP contribution < -0.4 is 5.32 Å². The molecular weight excluding hydrogens is 246 g/mol. The van der Waals surface area contributed by atoms with Crippen LogP contribution in [0.25, 0.3) is 0 Å². The Balaban J connectivity index is 2.12. The molecule has 1 atom stereocenters. The van der Waals surface area contributed by atoms with E-state index in [2.05, 4.69) is 5.32 Å². The highest BCUT2D eigenvalue weighted by Crippen LogP contribution is 2.33. The fraction of sp³-hybridized carbons (Fsp3) is 0.429. The lowest BCUT2D eigenvalue weighted by Gasteiger charge is -2.39. The van der Waals surface area contributed by atoms with Gasteiger partial charge in [0.15, 0.2) is 6.10 Å². The van der Waals surface area contributed by atoms with Gasteiger partial charge >= 0.3 is 5.97 Å². The summed E-state index contributed by atoms with van der Waals surface area (Å²) in [7, 11) is 1.44. The molecule has 0 radical (unpaired) electrons. The van der Waals surface area contributed by atoms with Crippen LogP contribution in [-0.2, 0) is 14.3 Å². The normalized spacial score (nSPS) is 18.2. The van der Waals surface area contributed by atoms with E-state index >= 15 is 0 Å². The number of benzene rings is 1. The minimum Gasteiger partial charge on any atom is -0.480 e. The highest BCUT2D eigenvalue weighted by Gasteiger charge is 2.46. The number of ether oxygens (including phenoxy) is 1. The van der Waals surface area contributed by atoms with E-state index in [1.54, 1.807) is 12.1 Å². The molecule has 2 rings (SSSR count). The van der Waals surface area contributed by atoms with Gasteiger partial charge in [0.2, 0.25) is 0 Å². The molecule has 2 N–H and O–H groups in total. The van der Waals surface area contributed by atoms with Crippen molar-refractivity contribution in [2.24, 2.45) is 0 Å². The maximum atomic E-state index is 12.2. The van der Waals surface area contributed by atoms with Crippen LogP contribution in [0.4, 0.5) is 0 Å². The minimum absolute atomic E-state index is 0.407. The van der Waals surface area contributed by atoms with E-state index in [1.165, 1.54) is 7.11 Å². The number of carbonyl (C=O) groups is 2. The number of carboxylic acid groups (broad SMARTS) is 1. The Morgan fingerprint density at radius 2 is 1.95 bits per heavy atom. The van der Waals surface area contributed by atoms with E-state index in [0.717, 1.165) is 6.42 Å². The Kier molecular flexibility index (Phi) is 3.85. The number of carboxylic acids is 1. The van der Waals surface area contributed by atoms with E-state index in [9.17, 15) is 14.7 Å². The molecule has 1 saturated carbocycles. The zero-order valence-corrected chi connectivity index (χ0v) is 10.8. The molecule has 1 amide bonds. The number of carbonyl (C=O) groups excluding carboxylic acids is 1. The summed E-state index contributed by atoms with van der Waals surface area (Å²) in [5, 5.41) is 11.8. The van der Waals surface area contributed by atoms with Gasteiger partial charge in [0.25, 0.3) is 5.91 Å². The fourth-order valence-corrected chi connectivity index (χ4v) is 2.25. The first kappa shape index (κ1) is 13.5. The molecule has 1 aliphatic carbocycles. The molecule has 102 valence electrons. The van der Waals surface area contributed by atoms with Crippen molar-refractivity contribution in [2.75, 3.05) is 7.11 Å². The highest BCUT2D eigenvalue weighted by molar-refractivity contribution is 5.90. The third kappa shape index (κ3) is 2.61. The van der Waals surface area contributed by atoms with Crippen molar-refractivity contribution in [1.29, 1.82) is 0 Å². The van der Waals surface area contributed by atoms with E-state index in [-0.39, 0.29) is 0 Å². The average Bonchev–Trinajstić information content (AvgIpc) is 2.35. The molecule has 0 unspecified atom stereocenters. The van der Waals surface area contributed by atoms with Crippen LogP contribution >= 0.6 is 0 Å². The number of hydrogen-bond donors (Lipinski definition) is 2. The van der Waals surface area contributed by atoms with Crippen molar-refractivity contribution in [1.82, 2.24) is 5.32 Å². The fourth-order valence-electron chi connectivity index (χ4n) is 2.25. The molecule has 1 fully saturated rings. The largest absolute Gasteiger partial charge is 0.480 e. The Bertz CT molecular complexity index is 468. The molecule has 5 heteroatoms. The molecule has 1 aromatic carbocycles. The monoisotopic (exact) mass is 263 g/mol. The Labute approximate surface area is 111 Å². The van der Waals surface area contributed by atoms with Crippen molar-refractivity contribution >= 4 is 11.9 Å². The van der Waals surface area contributed by atoms with Crippen LogP contribution in [0.3, 0.4) is 0 Å². The summed E-state index contributed by atoms with van der Waals surface area (Å²) in [5.74, 6) is -1.38. The first-order chi connectivity index (χ1) is 9.09. The first-order valence-electron chi connectivity index (χ1n) is 6.22. The van der Waals surface area contributed by atoms with E-state index in [0.29, 0.717) is 18.4 Å². The summed E-state index contributed by atoms with van der Waals surface area (Å²) in [6.07, 6.45) is 0.978. The number of methoxy groups -OCH3 is 1. The van der Waals surface area contributed by atoms with Crippen molar-refractivity contribution in [2.45, 2.75) is 30.9 Å². The second kappa shape index (κ2) is 5.40. The van der Waals surface area contributed by atoms with E-state index in [1.807, 2.05) is 18.2 Å². The van der Waals surface area contributed by atoms with Crippen molar-refractivity contribution in [3.63, 3.8) is 0 Å². The van der Waals surface area contributed by atoms with Crippen LogP contribution in [-0.4, -0.2) is 29.6 Å². The van der Waals surface area contributed by atoms with E-state index in [4.69, 9.17) is 4.74 Å². The van der Waals surface area contributed by atoms with Crippen LogP contribution in [0, 0.1) is 0 Å². The van der Waals surface area contributed by atoms with Gasteiger partial charge in [-0.05, 0) is 24.8 Å². The molecule has 0 aliphatic heterocycles. The molecule has 0 saturated heterocycles. The molecule has 0 bridgehead atoms. The molecule has 1 aliphatic rings. The second-order valence-electron chi connectivity index (χ2n) is 4.76. The van der Waals surface area contributed by atoms with Gasteiger partial charge in [-0.1, -0.05) is 30.3 Å². The standard InChI is InChI=1S/C14H17NO4/c1-19-11(10-6-3-2-4-7-10)12(16)15-14(13(17)18)8-5-9-14/h2-4,6-7,11H,5,8-9H2,1H3,(H,15,16)(H,17,18)/t11-/m1/s1. The summed E-state index contributed by atoms with van der Waals surface area (Å²) in [6.45, 7) is 0. The van der Waals surface area contributed by atoms with Gasteiger partial charge in [-0.3, -0.25) is 4.79 Å². The van der Waals surface area contributed by atoms with Gasteiger partial charge in [-0.15, -0.1) is 0 Å². The summed E-state index contributed by atoms with van der Waals surface area (Å²) in [6, 6.07) is 9.03.